The average Bonchev–Trinajstić information content (AvgIpc) is 3.36. The Balaban J connectivity index is 1.31. The lowest BCUT2D eigenvalue weighted by Crippen LogP contribution is -2.29. The maximum absolute atomic E-state index is 12.5. The third kappa shape index (κ3) is 3.24. The van der Waals surface area contributed by atoms with Crippen LogP contribution < -0.4 is 0 Å². The first-order valence-corrected chi connectivity index (χ1v) is 10.1. The van der Waals surface area contributed by atoms with Gasteiger partial charge in [0.2, 0.25) is 11.8 Å². The minimum atomic E-state index is -0.247. The van der Waals surface area contributed by atoms with E-state index in [1.54, 1.807) is 24.3 Å². The van der Waals surface area contributed by atoms with Crippen LogP contribution in [-0.2, 0) is 6.54 Å². The zero-order valence-corrected chi connectivity index (χ0v) is 16.0. The van der Waals surface area contributed by atoms with Gasteiger partial charge in [-0.1, -0.05) is 43.5 Å². The summed E-state index contributed by atoms with van der Waals surface area (Å²) < 4.78 is 5.92. The van der Waals surface area contributed by atoms with Crippen molar-refractivity contribution in [3.05, 3.63) is 71.1 Å². The van der Waals surface area contributed by atoms with Crippen molar-refractivity contribution in [3.63, 3.8) is 0 Å². The number of hydrogen-bond donors (Lipinski definition) is 0. The normalized spacial score (nSPS) is 17.0. The van der Waals surface area contributed by atoms with Gasteiger partial charge in [-0.25, -0.2) is 0 Å². The lowest BCUT2D eigenvalue weighted by molar-refractivity contribution is 0.0642. The Kier molecular flexibility index (Phi) is 4.46. The van der Waals surface area contributed by atoms with Gasteiger partial charge in [0.05, 0.1) is 17.7 Å². The predicted molar refractivity (Wildman–Crippen MR) is 106 cm³/mol. The fraction of sp³-hybridized carbons (Fsp3) is 0.304. The van der Waals surface area contributed by atoms with Crippen LogP contribution in [0.5, 0.6) is 0 Å². The van der Waals surface area contributed by atoms with Crippen molar-refractivity contribution >= 4 is 11.8 Å². The Bertz CT molecular complexity index is 1030. The van der Waals surface area contributed by atoms with Crippen LogP contribution in [0.15, 0.2) is 52.9 Å². The SMILES string of the molecule is O=C1c2ccccc2C(=O)N1Cc1ccc(-c2nnc(C3CCCCC3)o2)cc1. The van der Waals surface area contributed by atoms with Gasteiger partial charge in [0, 0.05) is 11.5 Å². The summed E-state index contributed by atoms with van der Waals surface area (Å²) in [5, 5.41) is 8.46. The molecule has 0 radical (unpaired) electrons. The minimum absolute atomic E-state index is 0.240. The summed E-state index contributed by atoms with van der Waals surface area (Å²) in [4.78, 5) is 26.3. The third-order valence-corrected chi connectivity index (χ3v) is 5.81. The summed E-state index contributed by atoms with van der Waals surface area (Å²) in [6, 6.07) is 14.5. The quantitative estimate of drug-likeness (QED) is 0.613. The van der Waals surface area contributed by atoms with Crippen molar-refractivity contribution in [2.75, 3.05) is 0 Å². The highest BCUT2D eigenvalue weighted by Gasteiger charge is 2.34. The van der Waals surface area contributed by atoms with E-state index in [0.717, 1.165) is 29.9 Å². The summed E-state index contributed by atoms with van der Waals surface area (Å²) in [6.45, 7) is 0.240. The van der Waals surface area contributed by atoms with Crippen molar-refractivity contribution in [1.29, 1.82) is 0 Å². The van der Waals surface area contributed by atoms with E-state index in [0.29, 0.717) is 22.9 Å². The van der Waals surface area contributed by atoms with Crippen LogP contribution in [0, 0.1) is 0 Å². The van der Waals surface area contributed by atoms with Crippen LogP contribution in [0.4, 0.5) is 0 Å². The molecule has 0 N–H and O–H groups in total. The van der Waals surface area contributed by atoms with Gasteiger partial charge in [-0.05, 0) is 42.7 Å². The molecule has 1 aliphatic heterocycles. The zero-order valence-electron chi connectivity index (χ0n) is 16.0. The number of benzene rings is 2. The van der Waals surface area contributed by atoms with E-state index >= 15 is 0 Å². The predicted octanol–water partition coefficient (Wildman–Crippen LogP) is 4.58. The maximum Gasteiger partial charge on any atom is 0.261 e. The number of rotatable bonds is 4. The average molecular weight is 387 g/mol. The molecule has 2 amide bonds. The van der Waals surface area contributed by atoms with Gasteiger partial charge in [-0.2, -0.15) is 0 Å². The highest BCUT2D eigenvalue weighted by Crippen LogP contribution is 2.33. The molecule has 2 aliphatic rings. The van der Waals surface area contributed by atoms with E-state index in [-0.39, 0.29) is 18.4 Å². The number of amides is 2. The van der Waals surface area contributed by atoms with E-state index in [2.05, 4.69) is 10.2 Å². The smallest absolute Gasteiger partial charge is 0.261 e. The molecule has 1 aromatic heterocycles. The van der Waals surface area contributed by atoms with E-state index in [4.69, 9.17) is 4.42 Å². The lowest BCUT2D eigenvalue weighted by Gasteiger charge is -2.17. The molecule has 0 atom stereocenters. The van der Waals surface area contributed by atoms with Gasteiger partial charge in [0.1, 0.15) is 0 Å². The zero-order chi connectivity index (χ0) is 19.8. The molecule has 0 spiro atoms. The number of carbonyl (C=O) groups is 2. The van der Waals surface area contributed by atoms with Crippen molar-refractivity contribution < 1.29 is 14.0 Å². The molecule has 5 rings (SSSR count). The van der Waals surface area contributed by atoms with Gasteiger partial charge in [-0.15, -0.1) is 10.2 Å². The molecule has 0 bridgehead atoms. The Morgan fingerprint density at radius 2 is 1.52 bits per heavy atom. The minimum Gasteiger partial charge on any atom is -0.420 e. The Morgan fingerprint density at radius 3 is 2.17 bits per heavy atom. The first kappa shape index (κ1) is 17.8. The third-order valence-electron chi connectivity index (χ3n) is 5.81. The Labute approximate surface area is 168 Å². The fourth-order valence-electron chi connectivity index (χ4n) is 4.18. The summed E-state index contributed by atoms with van der Waals surface area (Å²) in [5.74, 6) is 1.12. The number of aromatic nitrogens is 2. The van der Waals surface area contributed by atoms with E-state index in [9.17, 15) is 9.59 Å². The van der Waals surface area contributed by atoms with Crippen molar-refractivity contribution in [1.82, 2.24) is 15.1 Å². The van der Waals surface area contributed by atoms with Crippen LogP contribution in [0.2, 0.25) is 0 Å². The monoisotopic (exact) mass is 387 g/mol. The summed E-state index contributed by atoms with van der Waals surface area (Å²) in [7, 11) is 0. The van der Waals surface area contributed by atoms with E-state index in [1.807, 2.05) is 24.3 Å². The number of nitrogens with zero attached hydrogens (tertiary/aromatic N) is 3. The maximum atomic E-state index is 12.5. The number of carbonyl (C=O) groups excluding carboxylic acids is 2. The number of hydrogen-bond acceptors (Lipinski definition) is 5. The van der Waals surface area contributed by atoms with Gasteiger partial charge in [0.25, 0.3) is 11.8 Å². The molecule has 146 valence electrons. The molecule has 6 nitrogen and oxygen atoms in total. The van der Waals surface area contributed by atoms with Crippen molar-refractivity contribution in [2.45, 2.75) is 44.6 Å². The first-order valence-electron chi connectivity index (χ1n) is 10.1. The largest absolute Gasteiger partial charge is 0.420 e. The molecular formula is C23H21N3O3. The Hall–Kier alpha value is -3.28. The van der Waals surface area contributed by atoms with Gasteiger partial charge < -0.3 is 4.42 Å². The molecule has 1 aliphatic carbocycles. The van der Waals surface area contributed by atoms with E-state index in [1.165, 1.54) is 24.2 Å². The van der Waals surface area contributed by atoms with Crippen LogP contribution in [0.3, 0.4) is 0 Å². The number of fused-ring (bicyclic) bond motifs is 1. The summed E-state index contributed by atoms with van der Waals surface area (Å²) >= 11 is 0. The van der Waals surface area contributed by atoms with Gasteiger partial charge in [-0.3, -0.25) is 14.5 Å². The molecule has 0 unspecified atom stereocenters. The molecule has 29 heavy (non-hydrogen) atoms. The summed E-state index contributed by atoms with van der Waals surface area (Å²) in [6.07, 6.45) is 5.94. The second-order valence-electron chi connectivity index (χ2n) is 7.72. The molecule has 6 heteroatoms. The van der Waals surface area contributed by atoms with Gasteiger partial charge in [0.15, 0.2) is 0 Å². The van der Waals surface area contributed by atoms with Crippen LogP contribution in [0.1, 0.15) is 70.2 Å². The first-order chi connectivity index (χ1) is 14.2. The van der Waals surface area contributed by atoms with Crippen molar-refractivity contribution in [3.8, 4) is 11.5 Å². The molecule has 3 aromatic rings. The molecule has 2 heterocycles. The molecule has 1 saturated carbocycles. The highest BCUT2D eigenvalue weighted by molar-refractivity contribution is 6.21. The molecule has 1 fully saturated rings. The topological polar surface area (TPSA) is 76.3 Å². The molecule has 2 aromatic carbocycles. The van der Waals surface area contributed by atoms with E-state index < -0.39 is 0 Å². The second kappa shape index (κ2) is 7.28. The highest BCUT2D eigenvalue weighted by atomic mass is 16.4. The molecule has 0 saturated heterocycles. The fourth-order valence-corrected chi connectivity index (χ4v) is 4.18. The van der Waals surface area contributed by atoms with Gasteiger partial charge >= 0.3 is 0 Å². The standard InChI is InChI=1S/C23H21N3O3/c27-22-18-8-4-5-9-19(18)23(28)26(22)14-15-10-12-17(13-11-15)21-25-24-20(29-21)16-6-2-1-3-7-16/h4-5,8-13,16H,1-3,6-7,14H2. The Morgan fingerprint density at radius 1 is 0.862 bits per heavy atom. The lowest BCUT2D eigenvalue weighted by atomic mass is 9.89. The second-order valence-corrected chi connectivity index (χ2v) is 7.72. The summed E-state index contributed by atoms with van der Waals surface area (Å²) in [5.41, 5.74) is 2.64. The van der Waals surface area contributed by atoms with Crippen LogP contribution in [-0.4, -0.2) is 26.9 Å². The van der Waals surface area contributed by atoms with Crippen molar-refractivity contribution in [2.24, 2.45) is 0 Å². The van der Waals surface area contributed by atoms with Crippen LogP contribution >= 0.6 is 0 Å². The van der Waals surface area contributed by atoms with Crippen LogP contribution in [0.25, 0.3) is 11.5 Å². The molecular weight excluding hydrogens is 366 g/mol. The number of imide groups is 1.